The fourth-order valence-electron chi connectivity index (χ4n) is 2.95. The van der Waals surface area contributed by atoms with Crippen LogP contribution >= 0.6 is 0 Å². The molecule has 0 saturated carbocycles. The lowest BCUT2D eigenvalue weighted by Gasteiger charge is -2.47. The average molecular weight is 286 g/mol. The van der Waals surface area contributed by atoms with Gasteiger partial charge in [0.15, 0.2) is 0 Å². The summed E-state index contributed by atoms with van der Waals surface area (Å²) in [7, 11) is 0. The number of carbonyl (C=O) groups is 1. The van der Waals surface area contributed by atoms with Gasteiger partial charge in [0.1, 0.15) is 0 Å². The van der Waals surface area contributed by atoms with Crippen molar-refractivity contribution in [2.24, 2.45) is 0 Å². The van der Waals surface area contributed by atoms with Crippen LogP contribution in [-0.4, -0.2) is 35.1 Å². The summed E-state index contributed by atoms with van der Waals surface area (Å²) in [6.45, 7) is 9.24. The van der Waals surface area contributed by atoms with Crippen molar-refractivity contribution in [2.45, 2.75) is 45.3 Å². The summed E-state index contributed by atoms with van der Waals surface area (Å²) in [4.78, 5) is 14.4. The molecule has 0 spiro atoms. The Bertz CT molecular complexity index is 551. The van der Waals surface area contributed by atoms with Crippen LogP contribution in [0.15, 0.2) is 24.3 Å². The molecule has 2 rings (SSSR count). The molecular weight excluding hydrogens is 264 g/mol. The molecule has 1 heterocycles. The first-order valence-corrected chi connectivity index (χ1v) is 7.18. The number of benzene rings is 1. The Morgan fingerprint density at radius 3 is 2.19 bits per heavy atom. The Morgan fingerprint density at radius 1 is 1.19 bits per heavy atom. The Kier molecular flexibility index (Phi) is 4.06. The fraction of sp³-hybridized carbons (Fsp3) is 0.529. The number of rotatable bonds is 2. The van der Waals surface area contributed by atoms with Gasteiger partial charge in [-0.2, -0.15) is 5.26 Å². The first kappa shape index (κ1) is 15.5. The van der Waals surface area contributed by atoms with E-state index in [9.17, 15) is 4.79 Å². The number of morpholine rings is 1. The third kappa shape index (κ3) is 4.05. The molecule has 0 atom stereocenters. The Labute approximate surface area is 126 Å². The molecule has 4 nitrogen and oxygen atoms in total. The van der Waals surface area contributed by atoms with Crippen LogP contribution in [0.2, 0.25) is 0 Å². The molecule has 4 heteroatoms. The van der Waals surface area contributed by atoms with Gasteiger partial charge in [-0.05, 0) is 45.4 Å². The van der Waals surface area contributed by atoms with Gasteiger partial charge < -0.3 is 9.64 Å². The van der Waals surface area contributed by atoms with Gasteiger partial charge in [0, 0.05) is 13.1 Å². The maximum absolute atomic E-state index is 12.5. The number of amides is 1. The highest BCUT2D eigenvalue weighted by Crippen LogP contribution is 2.28. The van der Waals surface area contributed by atoms with E-state index in [1.54, 1.807) is 12.1 Å². The van der Waals surface area contributed by atoms with E-state index >= 15 is 0 Å². The van der Waals surface area contributed by atoms with Gasteiger partial charge >= 0.3 is 0 Å². The van der Waals surface area contributed by atoms with Crippen molar-refractivity contribution in [1.29, 1.82) is 5.26 Å². The van der Waals surface area contributed by atoms with E-state index in [1.165, 1.54) is 0 Å². The standard InChI is InChI=1S/C17H22N2O2/c1-16(2)11-19(12-17(3,4)21-16)15(20)9-13-5-7-14(10-18)8-6-13/h5-8H,9,11-12H2,1-4H3. The summed E-state index contributed by atoms with van der Waals surface area (Å²) >= 11 is 0. The number of nitrogens with zero attached hydrogens (tertiary/aromatic N) is 2. The average Bonchev–Trinajstić information content (AvgIpc) is 2.36. The smallest absolute Gasteiger partial charge is 0.227 e. The van der Waals surface area contributed by atoms with Crippen LogP contribution in [0.5, 0.6) is 0 Å². The lowest BCUT2D eigenvalue weighted by Crippen LogP contribution is -2.58. The monoisotopic (exact) mass is 286 g/mol. The molecule has 0 bridgehead atoms. The highest BCUT2D eigenvalue weighted by molar-refractivity contribution is 5.79. The number of ether oxygens (including phenoxy) is 1. The Hall–Kier alpha value is -1.86. The number of nitriles is 1. The quantitative estimate of drug-likeness (QED) is 0.839. The molecule has 1 aromatic carbocycles. The van der Waals surface area contributed by atoms with Gasteiger partial charge in [0.2, 0.25) is 5.91 Å². The van der Waals surface area contributed by atoms with E-state index in [2.05, 4.69) is 6.07 Å². The first-order valence-electron chi connectivity index (χ1n) is 7.18. The van der Waals surface area contributed by atoms with Crippen molar-refractivity contribution < 1.29 is 9.53 Å². The summed E-state index contributed by atoms with van der Waals surface area (Å²) in [5.74, 6) is 0.101. The lowest BCUT2D eigenvalue weighted by molar-refractivity contribution is -0.187. The summed E-state index contributed by atoms with van der Waals surface area (Å²) in [5.41, 5.74) is 0.880. The topological polar surface area (TPSA) is 53.3 Å². The highest BCUT2D eigenvalue weighted by Gasteiger charge is 2.39. The van der Waals surface area contributed by atoms with Crippen molar-refractivity contribution in [3.63, 3.8) is 0 Å². The normalized spacial score (nSPS) is 19.9. The van der Waals surface area contributed by atoms with Gasteiger partial charge in [-0.3, -0.25) is 4.79 Å². The zero-order chi connectivity index (χ0) is 15.7. The first-order chi connectivity index (χ1) is 9.71. The number of hydrogen-bond acceptors (Lipinski definition) is 3. The molecule has 1 fully saturated rings. The Balaban J connectivity index is 2.07. The zero-order valence-electron chi connectivity index (χ0n) is 13.1. The van der Waals surface area contributed by atoms with E-state index in [1.807, 2.05) is 44.7 Å². The highest BCUT2D eigenvalue weighted by atomic mass is 16.5. The molecule has 0 N–H and O–H groups in total. The second-order valence-electron chi connectivity index (χ2n) is 6.86. The van der Waals surface area contributed by atoms with Gasteiger partial charge in [0.25, 0.3) is 0 Å². The number of hydrogen-bond donors (Lipinski definition) is 0. The second-order valence-corrected chi connectivity index (χ2v) is 6.86. The van der Waals surface area contributed by atoms with Crippen LogP contribution in [0, 0.1) is 11.3 Å². The minimum atomic E-state index is -0.331. The minimum absolute atomic E-state index is 0.101. The molecule has 0 unspecified atom stereocenters. The van der Waals surface area contributed by atoms with Gasteiger partial charge in [-0.15, -0.1) is 0 Å². The minimum Gasteiger partial charge on any atom is -0.366 e. The zero-order valence-corrected chi connectivity index (χ0v) is 13.1. The van der Waals surface area contributed by atoms with Crippen LogP contribution in [0.4, 0.5) is 0 Å². The summed E-state index contributed by atoms with van der Waals surface area (Å²) in [5, 5.41) is 8.79. The molecule has 1 aromatic rings. The van der Waals surface area contributed by atoms with Crippen LogP contribution in [-0.2, 0) is 16.0 Å². The van der Waals surface area contributed by atoms with Crippen molar-refractivity contribution in [1.82, 2.24) is 4.90 Å². The van der Waals surface area contributed by atoms with Crippen molar-refractivity contribution in [3.05, 3.63) is 35.4 Å². The molecule has 1 aliphatic rings. The molecule has 1 aliphatic heterocycles. The number of carbonyl (C=O) groups excluding carboxylic acids is 1. The molecule has 112 valence electrons. The van der Waals surface area contributed by atoms with Gasteiger partial charge in [0.05, 0.1) is 29.3 Å². The van der Waals surface area contributed by atoms with E-state index in [0.717, 1.165) is 5.56 Å². The predicted molar refractivity (Wildman–Crippen MR) is 80.7 cm³/mol. The van der Waals surface area contributed by atoms with E-state index in [4.69, 9.17) is 10.00 Å². The van der Waals surface area contributed by atoms with Gasteiger partial charge in [-0.1, -0.05) is 12.1 Å². The fourth-order valence-corrected chi connectivity index (χ4v) is 2.95. The van der Waals surface area contributed by atoms with Crippen LogP contribution in [0.25, 0.3) is 0 Å². The molecule has 0 radical (unpaired) electrons. The molecule has 1 amide bonds. The second kappa shape index (κ2) is 5.50. The third-order valence-electron chi connectivity index (χ3n) is 3.49. The molecular formula is C17H22N2O2. The van der Waals surface area contributed by atoms with Crippen LogP contribution < -0.4 is 0 Å². The summed E-state index contributed by atoms with van der Waals surface area (Å²) < 4.78 is 5.99. The van der Waals surface area contributed by atoms with Crippen molar-refractivity contribution in [2.75, 3.05) is 13.1 Å². The lowest BCUT2D eigenvalue weighted by atomic mass is 9.98. The van der Waals surface area contributed by atoms with Gasteiger partial charge in [-0.25, -0.2) is 0 Å². The molecule has 0 aromatic heterocycles. The maximum atomic E-state index is 12.5. The van der Waals surface area contributed by atoms with E-state index in [0.29, 0.717) is 25.1 Å². The largest absolute Gasteiger partial charge is 0.366 e. The SMILES string of the molecule is CC1(C)CN(C(=O)Cc2ccc(C#N)cc2)CC(C)(C)O1. The molecule has 0 aliphatic carbocycles. The third-order valence-corrected chi connectivity index (χ3v) is 3.49. The van der Waals surface area contributed by atoms with E-state index < -0.39 is 0 Å². The summed E-state index contributed by atoms with van der Waals surface area (Å²) in [6, 6.07) is 9.25. The van der Waals surface area contributed by atoms with Crippen molar-refractivity contribution in [3.8, 4) is 6.07 Å². The predicted octanol–water partition coefficient (Wildman–Crippen LogP) is 2.52. The van der Waals surface area contributed by atoms with Crippen LogP contribution in [0.1, 0.15) is 38.8 Å². The Morgan fingerprint density at radius 2 is 1.71 bits per heavy atom. The molecule has 1 saturated heterocycles. The van der Waals surface area contributed by atoms with E-state index in [-0.39, 0.29) is 17.1 Å². The van der Waals surface area contributed by atoms with Crippen LogP contribution in [0.3, 0.4) is 0 Å². The molecule has 21 heavy (non-hydrogen) atoms. The van der Waals surface area contributed by atoms with Crippen molar-refractivity contribution >= 4 is 5.91 Å². The summed E-state index contributed by atoms with van der Waals surface area (Å²) in [6.07, 6.45) is 0.359. The maximum Gasteiger partial charge on any atom is 0.227 e.